The summed E-state index contributed by atoms with van der Waals surface area (Å²) in [5.41, 5.74) is 0. The van der Waals surface area contributed by atoms with E-state index in [4.69, 9.17) is 37.0 Å². The van der Waals surface area contributed by atoms with Gasteiger partial charge in [-0.15, -0.1) is 0 Å². The number of rotatable bonds is 81. The molecule has 0 aromatic carbocycles. The Morgan fingerprint density at radius 3 is 0.696 bits per heavy atom. The molecule has 0 saturated carbocycles. The van der Waals surface area contributed by atoms with Crippen LogP contribution in [0.3, 0.4) is 0 Å². The average molecular weight is 1490 g/mol. The maximum Gasteiger partial charge on any atom is 0.472 e. The number of ether oxygens (including phenoxy) is 4. The first-order valence-corrected chi connectivity index (χ1v) is 46.0. The summed E-state index contributed by atoms with van der Waals surface area (Å²) in [5, 5.41) is 10.6. The molecular weight excluding hydrogens is 1330 g/mol. The first-order valence-electron chi connectivity index (χ1n) is 43.0. The van der Waals surface area contributed by atoms with Crippen LogP contribution in [0.15, 0.2) is 0 Å². The predicted molar refractivity (Wildman–Crippen MR) is 418 cm³/mol. The van der Waals surface area contributed by atoms with Crippen LogP contribution in [0, 0.1) is 17.8 Å². The van der Waals surface area contributed by atoms with E-state index in [9.17, 15) is 43.2 Å². The summed E-state index contributed by atoms with van der Waals surface area (Å²) in [4.78, 5) is 72.9. The predicted octanol–water partition coefficient (Wildman–Crippen LogP) is 24.9. The largest absolute Gasteiger partial charge is 0.472 e. The summed E-state index contributed by atoms with van der Waals surface area (Å²) >= 11 is 0. The Bertz CT molecular complexity index is 1980. The van der Waals surface area contributed by atoms with Gasteiger partial charge in [-0.25, -0.2) is 9.13 Å². The van der Waals surface area contributed by atoms with Gasteiger partial charge >= 0.3 is 39.5 Å². The quantitative estimate of drug-likeness (QED) is 0.0222. The first-order chi connectivity index (χ1) is 49.3. The van der Waals surface area contributed by atoms with Crippen LogP contribution in [0.2, 0.25) is 0 Å². The van der Waals surface area contributed by atoms with Gasteiger partial charge in [-0.2, -0.15) is 0 Å². The van der Waals surface area contributed by atoms with Crippen LogP contribution in [0.5, 0.6) is 0 Å². The SMILES string of the molecule is CCCCCCCCCCC(=O)OC[C@H](COP(=O)(O)OC[C@H](O)COP(=O)(O)OC[C@@H](COC(=O)CCCCCCCCCCCCCCCCCCCCC(C)CC)OC(=O)CCCCCCCCCCCCCCCCCCCCC(C)CC)OC(=O)CCCCCCCCC(C)CC. The van der Waals surface area contributed by atoms with Gasteiger partial charge in [0, 0.05) is 25.7 Å². The maximum absolute atomic E-state index is 13.1. The molecule has 17 nitrogen and oxygen atoms in total. The summed E-state index contributed by atoms with van der Waals surface area (Å²) in [7, 11) is -9.92. The summed E-state index contributed by atoms with van der Waals surface area (Å²) in [6.45, 7) is 12.0. The van der Waals surface area contributed by atoms with E-state index in [1.807, 2.05) is 0 Å². The summed E-state index contributed by atoms with van der Waals surface area (Å²) in [5.74, 6) is 0.349. The third-order valence-corrected chi connectivity index (χ3v) is 22.4. The number of carbonyl (C=O) groups is 4. The fourth-order valence-electron chi connectivity index (χ4n) is 12.7. The smallest absolute Gasteiger partial charge is 0.462 e. The van der Waals surface area contributed by atoms with Crippen molar-refractivity contribution in [2.45, 2.75) is 452 Å². The van der Waals surface area contributed by atoms with Gasteiger partial charge < -0.3 is 33.8 Å². The van der Waals surface area contributed by atoms with Crippen molar-refractivity contribution in [3.8, 4) is 0 Å². The molecule has 0 saturated heterocycles. The monoisotopic (exact) mass is 1490 g/mol. The van der Waals surface area contributed by atoms with Crippen molar-refractivity contribution in [3.63, 3.8) is 0 Å². The van der Waals surface area contributed by atoms with E-state index in [-0.39, 0.29) is 25.7 Å². The van der Waals surface area contributed by atoms with Crippen LogP contribution in [-0.4, -0.2) is 96.7 Å². The van der Waals surface area contributed by atoms with Crippen molar-refractivity contribution >= 4 is 39.5 Å². The number of aliphatic hydroxyl groups is 1. The van der Waals surface area contributed by atoms with Gasteiger partial charge in [0.2, 0.25) is 0 Å². The number of phosphoric ester groups is 2. The maximum atomic E-state index is 13.1. The highest BCUT2D eigenvalue weighted by molar-refractivity contribution is 7.47. The molecule has 0 fully saturated rings. The summed E-state index contributed by atoms with van der Waals surface area (Å²) in [6, 6.07) is 0. The molecule has 0 aliphatic carbocycles. The average Bonchev–Trinajstić information content (AvgIpc) is 0.925. The molecule has 102 heavy (non-hydrogen) atoms. The summed E-state index contributed by atoms with van der Waals surface area (Å²) in [6.07, 6.45) is 62.7. The van der Waals surface area contributed by atoms with Crippen molar-refractivity contribution in [3.05, 3.63) is 0 Å². The fraction of sp³-hybridized carbons (Fsp3) is 0.952. The Hall–Kier alpha value is -1.94. The number of hydrogen-bond donors (Lipinski definition) is 3. The normalized spacial score (nSPS) is 14.7. The molecule has 0 aliphatic rings. The Labute approximate surface area is 626 Å². The lowest BCUT2D eigenvalue weighted by atomic mass is 9.99. The lowest BCUT2D eigenvalue weighted by molar-refractivity contribution is -0.161. The van der Waals surface area contributed by atoms with Gasteiger partial charge in [0.05, 0.1) is 26.4 Å². The second kappa shape index (κ2) is 73.2. The highest BCUT2D eigenvalue weighted by Gasteiger charge is 2.30. The summed E-state index contributed by atoms with van der Waals surface area (Å²) < 4.78 is 68.6. The molecule has 0 aromatic rings. The van der Waals surface area contributed by atoms with E-state index in [1.54, 1.807) is 0 Å². The van der Waals surface area contributed by atoms with E-state index < -0.39 is 97.5 Å². The zero-order chi connectivity index (χ0) is 75.1. The Balaban J connectivity index is 5.14. The van der Waals surface area contributed by atoms with E-state index in [1.165, 1.54) is 238 Å². The molecule has 0 aromatic heterocycles. The lowest BCUT2D eigenvalue weighted by Crippen LogP contribution is -2.30. The third kappa shape index (κ3) is 72.3. The molecule has 606 valence electrons. The Kier molecular flexibility index (Phi) is 71.8. The highest BCUT2D eigenvalue weighted by atomic mass is 31.2. The number of phosphoric acid groups is 2. The van der Waals surface area contributed by atoms with Crippen molar-refractivity contribution < 1.29 is 80.2 Å². The molecule has 0 radical (unpaired) electrons. The van der Waals surface area contributed by atoms with Crippen LogP contribution in [-0.2, 0) is 65.4 Å². The highest BCUT2D eigenvalue weighted by Crippen LogP contribution is 2.45. The standard InChI is InChI=1S/C83H162O17P2/c1-8-12-13-14-15-42-50-57-64-80(85)93-71-79(100-83(88)67-60-53-46-45-49-56-63-76(7)11-4)73-98-102(91,92)96-69-77(84)68-95-101(89,90)97-72-78(99-82(87)66-59-52-44-39-35-31-27-23-19-17-21-25-29-33-37-41-48-55-62-75(6)10-3)70-94-81(86)65-58-51-43-38-34-30-26-22-18-16-20-24-28-32-36-40-47-54-61-74(5)9-2/h74-79,84H,8-73H2,1-7H3,(H,89,90)(H,91,92)/t74?,75?,76?,77-,78-,79-/m1/s1. The van der Waals surface area contributed by atoms with Gasteiger partial charge in [-0.1, -0.05) is 382 Å². The number of esters is 4. The number of aliphatic hydroxyl groups excluding tert-OH is 1. The van der Waals surface area contributed by atoms with Crippen molar-refractivity contribution in [2.24, 2.45) is 17.8 Å². The molecule has 0 spiro atoms. The Morgan fingerprint density at radius 1 is 0.275 bits per heavy atom. The van der Waals surface area contributed by atoms with Crippen LogP contribution in [0.25, 0.3) is 0 Å². The molecule has 0 amide bonds. The van der Waals surface area contributed by atoms with Crippen molar-refractivity contribution in [2.75, 3.05) is 39.6 Å². The second-order valence-corrected chi connectivity index (χ2v) is 33.5. The fourth-order valence-corrected chi connectivity index (χ4v) is 14.3. The topological polar surface area (TPSA) is 237 Å². The Morgan fingerprint density at radius 2 is 0.471 bits per heavy atom. The third-order valence-electron chi connectivity index (χ3n) is 20.5. The zero-order valence-corrected chi connectivity index (χ0v) is 68.9. The first kappa shape index (κ1) is 100. The van der Waals surface area contributed by atoms with Crippen LogP contribution < -0.4 is 0 Å². The van der Waals surface area contributed by atoms with E-state index in [0.29, 0.717) is 25.7 Å². The van der Waals surface area contributed by atoms with Crippen LogP contribution in [0.4, 0.5) is 0 Å². The van der Waals surface area contributed by atoms with Gasteiger partial charge in [-0.3, -0.25) is 37.3 Å². The molecule has 19 heteroatoms. The molecule has 0 bridgehead atoms. The minimum absolute atomic E-state index is 0.103. The van der Waals surface area contributed by atoms with Crippen molar-refractivity contribution in [1.29, 1.82) is 0 Å². The van der Waals surface area contributed by atoms with E-state index >= 15 is 0 Å². The molecule has 3 N–H and O–H groups in total. The molecule has 0 heterocycles. The number of carbonyl (C=O) groups excluding carboxylic acids is 4. The molecule has 5 unspecified atom stereocenters. The van der Waals surface area contributed by atoms with Crippen LogP contribution in [0.1, 0.15) is 434 Å². The van der Waals surface area contributed by atoms with Crippen molar-refractivity contribution in [1.82, 2.24) is 0 Å². The van der Waals surface area contributed by atoms with Gasteiger partial charge in [-0.05, 0) is 43.4 Å². The number of hydrogen-bond acceptors (Lipinski definition) is 15. The molecule has 0 rings (SSSR count). The number of unbranched alkanes of at least 4 members (excludes halogenated alkanes) is 46. The van der Waals surface area contributed by atoms with E-state index in [0.717, 1.165) is 114 Å². The van der Waals surface area contributed by atoms with Gasteiger partial charge in [0.1, 0.15) is 19.3 Å². The van der Waals surface area contributed by atoms with Crippen LogP contribution >= 0.6 is 15.6 Å². The lowest BCUT2D eigenvalue weighted by Gasteiger charge is -2.21. The van der Waals surface area contributed by atoms with E-state index in [2.05, 4.69) is 48.5 Å². The van der Waals surface area contributed by atoms with Gasteiger partial charge in [0.15, 0.2) is 12.2 Å². The zero-order valence-electron chi connectivity index (χ0n) is 67.1. The molecule has 0 aliphatic heterocycles. The minimum Gasteiger partial charge on any atom is -0.462 e. The molecular formula is C83H162O17P2. The second-order valence-electron chi connectivity index (χ2n) is 30.6. The minimum atomic E-state index is -4.96. The van der Waals surface area contributed by atoms with Gasteiger partial charge in [0.25, 0.3) is 0 Å². The molecule has 8 atom stereocenters.